The van der Waals surface area contributed by atoms with E-state index in [0.717, 1.165) is 47.5 Å². The maximum Gasteiger partial charge on any atom is 0.264 e. The van der Waals surface area contributed by atoms with E-state index in [0.29, 0.717) is 30.1 Å². The summed E-state index contributed by atoms with van der Waals surface area (Å²) >= 11 is 1.39. The highest BCUT2D eigenvalue weighted by Gasteiger charge is 2.26. The predicted molar refractivity (Wildman–Crippen MR) is 136 cm³/mol. The Morgan fingerprint density at radius 1 is 1.09 bits per heavy atom. The zero-order chi connectivity index (χ0) is 24.5. The number of carbonyl (C=O) groups is 1. The fourth-order valence-electron chi connectivity index (χ4n) is 4.85. The summed E-state index contributed by atoms with van der Waals surface area (Å²) < 4.78 is 14.5. The maximum atomic E-state index is 14.5. The molecular formula is C27H27FN4O2S. The van der Waals surface area contributed by atoms with Crippen LogP contribution >= 0.6 is 11.3 Å². The normalized spacial score (nSPS) is 20.2. The first-order valence-corrected chi connectivity index (χ1v) is 12.7. The third kappa shape index (κ3) is 4.80. The highest BCUT2D eigenvalue weighted by Crippen LogP contribution is 2.41. The molecular weight excluding hydrogens is 463 g/mol. The lowest BCUT2D eigenvalue weighted by Gasteiger charge is -2.30. The van der Waals surface area contributed by atoms with Crippen molar-refractivity contribution in [2.75, 3.05) is 31.1 Å². The average Bonchev–Trinajstić information content (AvgIpc) is 3.50. The van der Waals surface area contributed by atoms with Gasteiger partial charge in [-0.25, -0.2) is 4.39 Å². The van der Waals surface area contributed by atoms with Crippen LogP contribution < -0.4 is 10.6 Å². The van der Waals surface area contributed by atoms with Crippen molar-refractivity contribution in [3.05, 3.63) is 64.8 Å². The summed E-state index contributed by atoms with van der Waals surface area (Å²) in [4.78, 5) is 18.7. The topological polar surface area (TPSA) is 93.6 Å². The van der Waals surface area contributed by atoms with Crippen LogP contribution in [0.25, 0.3) is 21.6 Å². The Hall–Kier alpha value is -3.25. The van der Waals surface area contributed by atoms with Gasteiger partial charge in [-0.15, -0.1) is 11.3 Å². The van der Waals surface area contributed by atoms with Crippen LogP contribution in [0.1, 0.15) is 34.5 Å². The largest absolute Gasteiger partial charge is 0.391 e. The monoisotopic (exact) mass is 490 g/mol. The minimum absolute atomic E-state index is 0.0127. The number of likely N-dealkylation sites (tertiary alicyclic amines) is 1. The number of hydrogen-bond acceptors (Lipinski definition) is 6. The Morgan fingerprint density at radius 2 is 1.86 bits per heavy atom. The smallest absolute Gasteiger partial charge is 0.264 e. The number of amides is 1. The van der Waals surface area contributed by atoms with Crippen molar-refractivity contribution in [3.63, 3.8) is 0 Å². The molecule has 3 aromatic rings. The van der Waals surface area contributed by atoms with Gasteiger partial charge < -0.3 is 20.6 Å². The van der Waals surface area contributed by atoms with Gasteiger partial charge in [-0.3, -0.25) is 4.79 Å². The minimum atomic E-state index is -0.583. The van der Waals surface area contributed by atoms with E-state index in [1.807, 2.05) is 36.4 Å². The van der Waals surface area contributed by atoms with Crippen LogP contribution in [-0.2, 0) is 0 Å². The molecule has 2 atom stereocenters. The number of aliphatic hydroxyl groups is 1. The van der Waals surface area contributed by atoms with Gasteiger partial charge in [-0.1, -0.05) is 18.2 Å². The van der Waals surface area contributed by atoms with Gasteiger partial charge in [0.1, 0.15) is 11.9 Å². The first kappa shape index (κ1) is 23.5. The first-order valence-electron chi connectivity index (χ1n) is 11.8. The number of β-amino-alcohol motifs (C(OH)–C–C–N with tert-alkyl or cyclic N) is 1. The number of rotatable bonds is 4. The summed E-state index contributed by atoms with van der Waals surface area (Å²) in [6.07, 6.45) is 2.25. The first-order chi connectivity index (χ1) is 16.9. The second-order valence-corrected chi connectivity index (χ2v) is 10.3. The zero-order valence-electron chi connectivity index (χ0n) is 19.3. The van der Waals surface area contributed by atoms with E-state index in [4.69, 9.17) is 11.0 Å². The molecule has 8 heteroatoms. The molecule has 3 heterocycles. The van der Waals surface area contributed by atoms with Crippen LogP contribution in [0.4, 0.5) is 10.1 Å². The number of anilines is 1. The zero-order valence-corrected chi connectivity index (χ0v) is 20.1. The van der Waals surface area contributed by atoms with Gasteiger partial charge in [0.15, 0.2) is 0 Å². The number of nitrogens with two attached hydrogens (primary N) is 1. The van der Waals surface area contributed by atoms with Crippen molar-refractivity contribution in [1.29, 1.82) is 5.26 Å². The quantitative estimate of drug-likeness (QED) is 0.571. The molecule has 2 aliphatic heterocycles. The van der Waals surface area contributed by atoms with Crippen molar-refractivity contribution in [2.24, 2.45) is 5.73 Å². The van der Waals surface area contributed by atoms with Gasteiger partial charge in [-0.2, -0.15) is 5.26 Å². The number of nitrogens with zero attached hydrogens (tertiary/aromatic N) is 3. The van der Waals surface area contributed by atoms with Gasteiger partial charge in [0.05, 0.1) is 16.5 Å². The van der Waals surface area contributed by atoms with Gasteiger partial charge in [0, 0.05) is 48.3 Å². The number of hydrogen-bond donors (Lipinski definition) is 2. The fourth-order valence-corrected chi connectivity index (χ4v) is 6.00. The van der Waals surface area contributed by atoms with E-state index in [9.17, 15) is 14.3 Å². The summed E-state index contributed by atoms with van der Waals surface area (Å²) in [5.41, 5.74) is 9.42. The SMILES string of the molecule is N#Cc1ccc(-c2cc(C(=O)N3CCC[C@@H](N)C3)sc2-c2ccc(N3CC[C@@H](O)C3)cc2)cc1F. The number of aliphatic hydroxyl groups excluding tert-OH is 1. The van der Waals surface area contributed by atoms with Gasteiger partial charge in [0.25, 0.3) is 5.91 Å². The van der Waals surface area contributed by atoms with Gasteiger partial charge in [0.2, 0.25) is 0 Å². The Morgan fingerprint density at radius 3 is 2.51 bits per heavy atom. The summed E-state index contributed by atoms with van der Waals surface area (Å²) in [6.45, 7) is 2.64. The Labute approximate surface area is 208 Å². The molecule has 0 radical (unpaired) electrons. The van der Waals surface area contributed by atoms with Crippen molar-refractivity contribution in [1.82, 2.24) is 4.90 Å². The van der Waals surface area contributed by atoms with Crippen LogP contribution in [0.3, 0.4) is 0 Å². The third-order valence-electron chi connectivity index (χ3n) is 6.75. The minimum Gasteiger partial charge on any atom is -0.391 e. The summed E-state index contributed by atoms with van der Waals surface area (Å²) in [7, 11) is 0. The molecule has 1 amide bonds. The van der Waals surface area contributed by atoms with Crippen molar-refractivity contribution in [2.45, 2.75) is 31.4 Å². The van der Waals surface area contributed by atoms with Crippen molar-refractivity contribution in [3.8, 4) is 27.6 Å². The number of halogens is 1. The van der Waals surface area contributed by atoms with Crippen molar-refractivity contribution >= 4 is 22.9 Å². The van der Waals surface area contributed by atoms with E-state index in [2.05, 4.69) is 4.90 Å². The molecule has 0 saturated carbocycles. The van der Waals surface area contributed by atoms with E-state index >= 15 is 0 Å². The number of carbonyl (C=O) groups excluding carboxylic acids is 1. The van der Waals surface area contributed by atoms with E-state index in [-0.39, 0.29) is 23.6 Å². The number of thiophene rings is 1. The lowest BCUT2D eigenvalue weighted by molar-refractivity contribution is 0.0713. The molecule has 1 aromatic heterocycles. The summed E-state index contributed by atoms with van der Waals surface area (Å²) in [5.74, 6) is -0.644. The highest BCUT2D eigenvalue weighted by molar-refractivity contribution is 7.18. The molecule has 6 nitrogen and oxygen atoms in total. The van der Waals surface area contributed by atoms with E-state index in [1.54, 1.807) is 11.0 Å². The Bertz CT molecular complexity index is 1280. The molecule has 2 aromatic carbocycles. The maximum absolute atomic E-state index is 14.5. The molecule has 5 rings (SSSR count). The standard InChI is InChI=1S/C27H27FN4O2S/c28-24-12-18(3-4-19(24)14-29)23-13-25(27(34)32-10-1-2-20(30)15-32)35-26(23)17-5-7-21(8-6-17)31-11-9-22(33)16-31/h3-8,12-13,20,22,33H,1-2,9-11,15-16,30H2/t20-,22-/m1/s1. The van der Waals surface area contributed by atoms with E-state index in [1.165, 1.54) is 23.5 Å². The van der Waals surface area contributed by atoms with Gasteiger partial charge >= 0.3 is 0 Å². The molecule has 0 spiro atoms. The summed E-state index contributed by atoms with van der Waals surface area (Å²) in [5, 5.41) is 19.0. The van der Waals surface area contributed by atoms with Crippen LogP contribution in [-0.4, -0.2) is 54.2 Å². The second-order valence-electron chi connectivity index (χ2n) is 9.25. The van der Waals surface area contributed by atoms with Crippen LogP contribution in [0.15, 0.2) is 48.5 Å². The molecule has 3 N–H and O–H groups in total. The lowest BCUT2D eigenvalue weighted by atomic mass is 10.0. The lowest BCUT2D eigenvalue weighted by Crippen LogP contribution is -2.45. The van der Waals surface area contributed by atoms with E-state index < -0.39 is 5.82 Å². The molecule has 2 aliphatic rings. The molecule has 0 aliphatic carbocycles. The highest BCUT2D eigenvalue weighted by atomic mass is 32.1. The predicted octanol–water partition coefficient (Wildman–Crippen LogP) is 4.23. The second kappa shape index (κ2) is 9.78. The number of piperidine rings is 1. The third-order valence-corrected chi connectivity index (χ3v) is 7.92. The molecule has 0 unspecified atom stereocenters. The van der Waals surface area contributed by atoms with Crippen LogP contribution in [0.2, 0.25) is 0 Å². The van der Waals surface area contributed by atoms with Crippen molar-refractivity contribution < 1.29 is 14.3 Å². The molecule has 2 saturated heterocycles. The van der Waals surface area contributed by atoms with Gasteiger partial charge in [-0.05, 0) is 60.7 Å². The molecule has 2 fully saturated rings. The van der Waals surface area contributed by atoms with Crippen LogP contribution in [0.5, 0.6) is 0 Å². The molecule has 0 bridgehead atoms. The average molecular weight is 491 g/mol. The Kier molecular flexibility index (Phi) is 6.56. The Balaban J connectivity index is 1.53. The number of benzene rings is 2. The van der Waals surface area contributed by atoms with Crippen LogP contribution in [0, 0.1) is 17.1 Å². The number of nitriles is 1. The fraction of sp³-hybridized carbons (Fsp3) is 0.333. The summed E-state index contributed by atoms with van der Waals surface area (Å²) in [6, 6.07) is 16.2. The molecule has 180 valence electrons. The molecule has 35 heavy (non-hydrogen) atoms.